The highest BCUT2D eigenvalue weighted by atomic mass is 19.4. The summed E-state index contributed by atoms with van der Waals surface area (Å²) in [6.45, 7) is 1.18. The van der Waals surface area contributed by atoms with Gasteiger partial charge in [0.2, 0.25) is 0 Å². The van der Waals surface area contributed by atoms with Crippen LogP contribution >= 0.6 is 0 Å². The number of hydrogen-bond donors (Lipinski definition) is 1. The van der Waals surface area contributed by atoms with Crippen LogP contribution in [0.3, 0.4) is 0 Å². The Morgan fingerprint density at radius 1 is 1.30 bits per heavy atom. The molecule has 2 aromatic rings. The molecular weight excluding hydrogens is 311 g/mol. The molecule has 1 aliphatic heterocycles. The van der Waals surface area contributed by atoms with Gasteiger partial charge in [0, 0.05) is 19.3 Å². The van der Waals surface area contributed by atoms with Gasteiger partial charge >= 0.3 is 6.18 Å². The van der Waals surface area contributed by atoms with Crippen LogP contribution in [0.1, 0.15) is 22.9 Å². The van der Waals surface area contributed by atoms with Crippen molar-refractivity contribution in [2.75, 3.05) is 6.54 Å². The summed E-state index contributed by atoms with van der Waals surface area (Å²) in [4.78, 5) is 17.8. The maximum Gasteiger partial charge on any atom is 0.416 e. The fourth-order valence-electron chi connectivity index (χ4n) is 2.57. The van der Waals surface area contributed by atoms with Gasteiger partial charge in [-0.2, -0.15) is 13.2 Å². The number of rotatable bonds is 2. The normalized spacial score (nSPS) is 16.1. The van der Waals surface area contributed by atoms with Gasteiger partial charge in [-0.25, -0.2) is 4.98 Å². The Balaban J connectivity index is 1.78. The van der Waals surface area contributed by atoms with Crippen molar-refractivity contribution in [2.24, 2.45) is 0 Å². The highest BCUT2D eigenvalue weighted by molar-refractivity contribution is 5.82. The second-order valence-electron chi connectivity index (χ2n) is 5.36. The molecule has 1 aromatic heterocycles. The predicted molar refractivity (Wildman–Crippen MR) is 74.0 cm³/mol. The number of alkyl halides is 3. The van der Waals surface area contributed by atoms with Crippen LogP contribution in [0.25, 0.3) is 0 Å². The van der Waals surface area contributed by atoms with E-state index in [4.69, 9.17) is 0 Å². The SMILES string of the molecule is O=C(C(O)c1cccc(C(F)(F)F)c1)N1CCn2cncc2C1. The number of fused-ring (bicyclic) bond motifs is 1. The first-order valence-electron chi connectivity index (χ1n) is 6.99. The molecule has 1 N–H and O–H groups in total. The molecule has 0 bridgehead atoms. The van der Waals surface area contributed by atoms with E-state index in [0.29, 0.717) is 13.1 Å². The summed E-state index contributed by atoms with van der Waals surface area (Å²) < 4.78 is 40.1. The lowest BCUT2D eigenvalue weighted by Crippen LogP contribution is -2.40. The zero-order chi connectivity index (χ0) is 16.6. The van der Waals surface area contributed by atoms with Crippen molar-refractivity contribution in [1.29, 1.82) is 0 Å². The number of aliphatic hydroxyl groups excluding tert-OH is 1. The van der Waals surface area contributed by atoms with E-state index in [9.17, 15) is 23.1 Å². The third-order valence-electron chi connectivity index (χ3n) is 3.84. The van der Waals surface area contributed by atoms with E-state index in [1.807, 2.05) is 4.57 Å². The van der Waals surface area contributed by atoms with E-state index >= 15 is 0 Å². The molecule has 8 heteroatoms. The Morgan fingerprint density at radius 3 is 2.83 bits per heavy atom. The first-order chi connectivity index (χ1) is 10.9. The fraction of sp³-hybridized carbons (Fsp3) is 0.333. The van der Waals surface area contributed by atoms with Crippen LogP contribution in [0.2, 0.25) is 0 Å². The molecular formula is C15H14F3N3O2. The van der Waals surface area contributed by atoms with Crippen molar-refractivity contribution in [3.05, 3.63) is 53.6 Å². The zero-order valence-corrected chi connectivity index (χ0v) is 12.0. The number of benzene rings is 1. The van der Waals surface area contributed by atoms with Crippen LogP contribution in [-0.4, -0.2) is 32.0 Å². The number of carbonyl (C=O) groups excluding carboxylic acids is 1. The largest absolute Gasteiger partial charge is 0.416 e. The first kappa shape index (κ1) is 15.5. The van der Waals surface area contributed by atoms with Crippen LogP contribution in [0.4, 0.5) is 13.2 Å². The third-order valence-corrected chi connectivity index (χ3v) is 3.84. The molecule has 5 nitrogen and oxygen atoms in total. The second kappa shape index (κ2) is 5.69. The number of carbonyl (C=O) groups is 1. The summed E-state index contributed by atoms with van der Waals surface area (Å²) in [6, 6.07) is 4.20. The van der Waals surface area contributed by atoms with Crippen LogP contribution in [0, 0.1) is 0 Å². The molecule has 0 spiro atoms. The average Bonchev–Trinajstić information content (AvgIpc) is 3.00. The standard InChI is InChI=1S/C15H14F3N3O2/c16-15(17,18)11-3-1-2-10(6-11)13(22)14(23)20-4-5-21-9-19-7-12(21)8-20/h1-3,6-7,9,13,22H,4-5,8H2. The van der Waals surface area contributed by atoms with Gasteiger partial charge in [0.1, 0.15) is 0 Å². The van der Waals surface area contributed by atoms with E-state index in [1.54, 1.807) is 12.5 Å². The number of hydrogen-bond acceptors (Lipinski definition) is 3. The van der Waals surface area contributed by atoms with Crippen molar-refractivity contribution in [1.82, 2.24) is 14.5 Å². The van der Waals surface area contributed by atoms with E-state index in [-0.39, 0.29) is 12.1 Å². The molecule has 0 aliphatic carbocycles. The molecule has 0 radical (unpaired) electrons. The number of aromatic nitrogens is 2. The highest BCUT2D eigenvalue weighted by Crippen LogP contribution is 2.31. The molecule has 23 heavy (non-hydrogen) atoms. The number of amides is 1. The minimum absolute atomic E-state index is 0.0658. The maximum atomic E-state index is 12.7. The van der Waals surface area contributed by atoms with Crippen molar-refractivity contribution in [3.8, 4) is 0 Å². The maximum absolute atomic E-state index is 12.7. The molecule has 0 saturated heterocycles. The molecule has 122 valence electrons. The summed E-state index contributed by atoms with van der Waals surface area (Å²) in [5, 5.41) is 10.1. The van der Waals surface area contributed by atoms with Gasteiger partial charge in [-0.1, -0.05) is 12.1 Å². The average molecular weight is 325 g/mol. The van der Waals surface area contributed by atoms with Crippen molar-refractivity contribution in [2.45, 2.75) is 25.4 Å². The molecule has 0 fully saturated rings. The van der Waals surface area contributed by atoms with Gasteiger partial charge in [0.05, 0.1) is 24.1 Å². The van der Waals surface area contributed by atoms with Gasteiger partial charge in [0.25, 0.3) is 5.91 Å². The molecule has 1 amide bonds. The van der Waals surface area contributed by atoms with Gasteiger partial charge < -0.3 is 14.6 Å². The fourth-order valence-corrected chi connectivity index (χ4v) is 2.57. The van der Waals surface area contributed by atoms with Crippen LogP contribution < -0.4 is 0 Å². The number of imidazole rings is 1. The van der Waals surface area contributed by atoms with E-state index in [2.05, 4.69) is 4.98 Å². The second-order valence-corrected chi connectivity index (χ2v) is 5.36. The highest BCUT2D eigenvalue weighted by Gasteiger charge is 2.32. The molecule has 3 rings (SSSR count). The molecule has 1 aliphatic rings. The Labute approximate surface area is 130 Å². The number of halogens is 3. The van der Waals surface area contributed by atoms with Gasteiger partial charge in [-0.15, -0.1) is 0 Å². The lowest BCUT2D eigenvalue weighted by Gasteiger charge is -2.30. The quantitative estimate of drug-likeness (QED) is 0.918. The molecule has 1 unspecified atom stereocenters. The van der Waals surface area contributed by atoms with Crippen molar-refractivity contribution >= 4 is 5.91 Å². The summed E-state index contributed by atoms with van der Waals surface area (Å²) in [5.41, 5.74) is -0.136. The monoisotopic (exact) mass is 325 g/mol. The van der Waals surface area contributed by atoms with Gasteiger partial charge in [0.15, 0.2) is 6.10 Å². The molecule has 1 aromatic carbocycles. The Morgan fingerprint density at radius 2 is 2.09 bits per heavy atom. The van der Waals surface area contributed by atoms with Crippen LogP contribution in [0.5, 0.6) is 0 Å². The lowest BCUT2D eigenvalue weighted by molar-refractivity contribution is -0.143. The summed E-state index contributed by atoms with van der Waals surface area (Å²) >= 11 is 0. The van der Waals surface area contributed by atoms with E-state index in [1.165, 1.54) is 17.0 Å². The Hall–Kier alpha value is -2.35. The topological polar surface area (TPSA) is 58.4 Å². The Bertz CT molecular complexity index is 727. The minimum atomic E-state index is -4.52. The summed E-state index contributed by atoms with van der Waals surface area (Å²) in [6.07, 6.45) is -2.86. The van der Waals surface area contributed by atoms with Crippen LogP contribution in [0.15, 0.2) is 36.8 Å². The van der Waals surface area contributed by atoms with E-state index < -0.39 is 23.8 Å². The predicted octanol–water partition coefficient (Wildman–Crippen LogP) is 1.98. The zero-order valence-electron chi connectivity index (χ0n) is 12.0. The van der Waals surface area contributed by atoms with E-state index in [0.717, 1.165) is 17.8 Å². The first-order valence-corrected chi connectivity index (χ1v) is 6.99. The number of nitrogens with zero attached hydrogens (tertiary/aromatic N) is 3. The van der Waals surface area contributed by atoms with Crippen molar-refractivity contribution < 1.29 is 23.1 Å². The summed E-state index contributed by atoms with van der Waals surface area (Å²) in [5.74, 6) is -0.614. The molecule has 2 heterocycles. The Kier molecular flexibility index (Phi) is 3.85. The third kappa shape index (κ3) is 3.07. The van der Waals surface area contributed by atoms with Crippen LogP contribution in [-0.2, 0) is 24.1 Å². The van der Waals surface area contributed by atoms with Gasteiger partial charge in [-0.05, 0) is 17.7 Å². The molecule has 0 saturated carbocycles. The smallest absolute Gasteiger partial charge is 0.378 e. The minimum Gasteiger partial charge on any atom is -0.378 e. The number of aliphatic hydroxyl groups is 1. The molecule has 1 atom stereocenters. The lowest BCUT2D eigenvalue weighted by atomic mass is 10.0. The summed E-state index contributed by atoms with van der Waals surface area (Å²) in [7, 11) is 0. The van der Waals surface area contributed by atoms with Gasteiger partial charge in [-0.3, -0.25) is 4.79 Å². The van der Waals surface area contributed by atoms with Crippen molar-refractivity contribution in [3.63, 3.8) is 0 Å².